The molecule has 2 rings (SSSR count). The van der Waals surface area contributed by atoms with E-state index in [0.717, 1.165) is 12.8 Å². The zero-order valence-electron chi connectivity index (χ0n) is 14.1. The number of urea groups is 1. The second-order valence-corrected chi connectivity index (χ2v) is 5.87. The van der Waals surface area contributed by atoms with E-state index in [1.807, 2.05) is 13.8 Å². The molecule has 6 nitrogen and oxygen atoms in total. The summed E-state index contributed by atoms with van der Waals surface area (Å²) in [4.78, 5) is 11.9. The Morgan fingerprint density at radius 2 is 2.08 bits per heavy atom. The molecule has 134 valence electrons. The van der Waals surface area contributed by atoms with E-state index >= 15 is 0 Å². The third kappa shape index (κ3) is 4.82. The highest BCUT2D eigenvalue weighted by Crippen LogP contribution is 2.29. The molecule has 1 heterocycles. The molecule has 1 aliphatic heterocycles. The van der Waals surface area contributed by atoms with Gasteiger partial charge in [0.25, 0.3) is 0 Å². The van der Waals surface area contributed by atoms with Crippen LogP contribution in [0.3, 0.4) is 0 Å². The van der Waals surface area contributed by atoms with Gasteiger partial charge < -0.3 is 25.2 Å². The lowest BCUT2D eigenvalue weighted by Crippen LogP contribution is -2.41. The van der Waals surface area contributed by atoms with Gasteiger partial charge in [0, 0.05) is 24.2 Å². The van der Waals surface area contributed by atoms with Crippen molar-refractivity contribution in [3.8, 4) is 5.75 Å². The number of hydrogen-bond acceptors (Lipinski definition) is 4. The topological polar surface area (TPSA) is 79.8 Å². The molecule has 0 radical (unpaired) electrons. The molecule has 0 spiro atoms. The second-order valence-electron chi connectivity index (χ2n) is 5.87. The van der Waals surface area contributed by atoms with Crippen molar-refractivity contribution in [3.05, 3.63) is 29.1 Å². The van der Waals surface area contributed by atoms with Crippen LogP contribution in [0.4, 0.5) is 9.18 Å². The minimum absolute atomic E-state index is 0.111. The molecule has 24 heavy (non-hydrogen) atoms. The van der Waals surface area contributed by atoms with Gasteiger partial charge in [-0.25, -0.2) is 9.18 Å². The molecule has 0 aliphatic carbocycles. The molecule has 0 saturated carbocycles. The maximum Gasteiger partial charge on any atom is 0.315 e. The number of benzene rings is 1. The van der Waals surface area contributed by atoms with Gasteiger partial charge in [-0.05, 0) is 18.1 Å². The number of fused-ring (bicyclic) bond motifs is 1. The molecule has 1 unspecified atom stereocenters. The molecule has 1 aliphatic rings. The Kier molecular flexibility index (Phi) is 6.81. The number of amides is 2. The van der Waals surface area contributed by atoms with Gasteiger partial charge in [0.1, 0.15) is 11.6 Å². The number of aliphatic hydroxyl groups excluding tert-OH is 1. The number of rotatable bonds is 7. The maximum absolute atomic E-state index is 13.6. The van der Waals surface area contributed by atoms with Gasteiger partial charge in [0.05, 0.1) is 12.7 Å². The standard InChI is InChI=1S/C17H25FN2O4/c1-3-11(4-2)15(21)8-20-17(22)19-7-12-5-14(18)6-13-9-23-10-24-16(12)13/h5-6,11,15,21H,3-4,7-10H2,1-2H3,(H2,19,20,22). The maximum atomic E-state index is 13.6. The van der Waals surface area contributed by atoms with E-state index in [4.69, 9.17) is 9.47 Å². The number of ether oxygens (including phenoxy) is 2. The Morgan fingerprint density at radius 3 is 2.79 bits per heavy atom. The third-order valence-corrected chi connectivity index (χ3v) is 4.26. The smallest absolute Gasteiger partial charge is 0.315 e. The molecule has 1 atom stereocenters. The van der Waals surface area contributed by atoms with Gasteiger partial charge in [0.15, 0.2) is 6.79 Å². The summed E-state index contributed by atoms with van der Waals surface area (Å²) in [5.41, 5.74) is 1.19. The summed E-state index contributed by atoms with van der Waals surface area (Å²) in [6.45, 7) is 4.73. The first-order valence-electron chi connectivity index (χ1n) is 8.26. The van der Waals surface area contributed by atoms with Crippen molar-refractivity contribution in [2.45, 2.75) is 45.9 Å². The molecule has 0 fully saturated rings. The molecule has 0 saturated heterocycles. The van der Waals surface area contributed by atoms with E-state index in [-0.39, 0.29) is 32.4 Å². The van der Waals surface area contributed by atoms with Crippen LogP contribution in [0, 0.1) is 11.7 Å². The van der Waals surface area contributed by atoms with Gasteiger partial charge in [-0.15, -0.1) is 0 Å². The highest BCUT2D eigenvalue weighted by Gasteiger charge is 2.18. The highest BCUT2D eigenvalue weighted by atomic mass is 19.1. The fraction of sp³-hybridized carbons (Fsp3) is 0.588. The summed E-state index contributed by atoms with van der Waals surface area (Å²) in [6.07, 6.45) is 1.14. The molecule has 1 aromatic carbocycles. The average Bonchev–Trinajstić information content (AvgIpc) is 2.58. The van der Waals surface area contributed by atoms with Crippen molar-refractivity contribution in [1.29, 1.82) is 0 Å². The van der Waals surface area contributed by atoms with Crippen molar-refractivity contribution in [3.63, 3.8) is 0 Å². The highest BCUT2D eigenvalue weighted by molar-refractivity contribution is 5.74. The number of carbonyl (C=O) groups is 1. The predicted octanol–water partition coefficient (Wildman–Crippen LogP) is 2.29. The first-order chi connectivity index (χ1) is 11.5. The van der Waals surface area contributed by atoms with Crippen LogP contribution in [0.1, 0.15) is 37.8 Å². The van der Waals surface area contributed by atoms with Gasteiger partial charge in [-0.1, -0.05) is 26.7 Å². The van der Waals surface area contributed by atoms with Crippen molar-refractivity contribution in [2.75, 3.05) is 13.3 Å². The number of aliphatic hydroxyl groups is 1. The van der Waals surface area contributed by atoms with Crippen LogP contribution in [-0.4, -0.2) is 30.6 Å². The SMILES string of the molecule is CCC(CC)C(O)CNC(=O)NCc1cc(F)cc2c1OCOC2. The van der Waals surface area contributed by atoms with Crippen LogP contribution in [0.25, 0.3) is 0 Å². The van der Waals surface area contributed by atoms with Crippen LogP contribution in [0.15, 0.2) is 12.1 Å². The molecular formula is C17H25FN2O4. The predicted molar refractivity (Wildman–Crippen MR) is 87.0 cm³/mol. The van der Waals surface area contributed by atoms with E-state index in [2.05, 4.69) is 10.6 Å². The molecule has 7 heteroatoms. The van der Waals surface area contributed by atoms with Crippen molar-refractivity contribution in [2.24, 2.45) is 5.92 Å². The minimum atomic E-state index is -0.576. The Morgan fingerprint density at radius 1 is 1.33 bits per heavy atom. The van der Waals surface area contributed by atoms with E-state index in [0.29, 0.717) is 16.9 Å². The van der Waals surface area contributed by atoms with E-state index < -0.39 is 18.0 Å². The largest absolute Gasteiger partial charge is 0.467 e. The molecule has 3 N–H and O–H groups in total. The van der Waals surface area contributed by atoms with Crippen LogP contribution < -0.4 is 15.4 Å². The number of carbonyl (C=O) groups excluding carboxylic acids is 1. The summed E-state index contributed by atoms with van der Waals surface area (Å²) in [6, 6.07) is 2.29. The van der Waals surface area contributed by atoms with Crippen molar-refractivity contribution in [1.82, 2.24) is 10.6 Å². The lowest BCUT2D eigenvalue weighted by atomic mass is 9.97. The van der Waals surface area contributed by atoms with Crippen LogP contribution in [-0.2, 0) is 17.9 Å². The van der Waals surface area contributed by atoms with Gasteiger partial charge in [-0.2, -0.15) is 0 Å². The molecule has 1 aromatic rings. The second kappa shape index (κ2) is 8.84. The van der Waals surface area contributed by atoms with Gasteiger partial charge in [-0.3, -0.25) is 0 Å². The summed E-state index contributed by atoms with van der Waals surface area (Å²) in [5.74, 6) is 0.318. The fourth-order valence-electron chi connectivity index (χ4n) is 2.82. The average molecular weight is 340 g/mol. The Labute approximate surface area is 141 Å². The molecular weight excluding hydrogens is 315 g/mol. The minimum Gasteiger partial charge on any atom is -0.467 e. The van der Waals surface area contributed by atoms with Crippen molar-refractivity contribution >= 4 is 6.03 Å². The Hall–Kier alpha value is -1.86. The Balaban J connectivity index is 1.87. The number of hydrogen-bond donors (Lipinski definition) is 3. The fourth-order valence-corrected chi connectivity index (χ4v) is 2.82. The zero-order chi connectivity index (χ0) is 17.5. The Bertz CT molecular complexity index is 564. The van der Waals surface area contributed by atoms with Crippen LogP contribution in [0.5, 0.6) is 5.75 Å². The first kappa shape index (κ1) is 18.5. The molecule has 0 aromatic heterocycles. The quantitative estimate of drug-likeness (QED) is 0.711. The first-order valence-corrected chi connectivity index (χ1v) is 8.26. The lowest BCUT2D eigenvalue weighted by Gasteiger charge is -2.22. The lowest BCUT2D eigenvalue weighted by molar-refractivity contribution is -0.0173. The summed E-state index contributed by atoms with van der Waals surface area (Å²) in [7, 11) is 0. The monoisotopic (exact) mass is 340 g/mol. The number of nitrogens with one attached hydrogen (secondary N) is 2. The van der Waals surface area contributed by atoms with E-state index in [1.165, 1.54) is 12.1 Å². The number of halogens is 1. The van der Waals surface area contributed by atoms with Crippen molar-refractivity contribution < 1.29 is 23.8 Å². The third-order valence-electron chi connectivity index (χ3n) is 4.26. The normalized spacial score (nSPS) is 14.7. The molecule has 0 bridgehead atoms. The summed E-state index contributed by atoms with van der Waals surface area (Å²) in [5, 5.41) is 15.3. The summed E-state index contributed by atoms with van der Waals surface area (Å²) >= 11 is 0. The summed E-state index contributed by atoms with van der Waals surface area (Å²) < 4.78 is 24.2. The zero-order valence-corrected chi connectivity index (χ0v) is 14.1. The van der Waals surface area contributed by atoms with E-state index in [9.17, 15) is 14.3 Å². The van der Waals surface area contributed by atoms with Crippen LogP contribution in [0.2, 0.25) is 0 Å². The molecule has 2 amide bonds. The van der Waals surface area contributed by atoms with E-state index in [1.54, 1.807) is 0 Å². The van der Waals surface area contributed by atoms with Crippen LogP contribution >= 0.6 is 0 Å². The van der Waals surface area contributed by atoms with Gasteiger partial charge in [0.2, 0.25) is 0 Å². The van der Waals surface area contributed by atoms with Gasteiger partial charge >= 0.3 is 6.03 Å².